The maximum absolute atomic E-state index is 9.82. The number of aromatic nitrogens is 1. The van der Waals surface area contributed by atoms with Gasteiger partial charge in [0.15, 0.2) is 0 Å². The highest BCUT2D eigenvalue weighted by Crippen LogP contribution is 2.31. The van der Waals surface area contributed by atoms with E-state index in [1.54, 1.807) is 13.1 Å². The molecule has 1 aliphatic rings. The number of hydrogen-bond donors (Lipinski definition) is 2. The van der Waals surface area contributed by atoms with Gasteiger partial charge in [0.2, 0.25) is 0 Å². The van der Waals surface area contributed by atoms with Crippen molar-refractivity contribution in [2.45, 2.75) is 44.8 Å². The Morgan fingerprint density at radius 1 is 1.56 bits per heavy atom. The van der Waals surface area contributed by atoms with Crippen LogP contribution in [0.5, 0.6) is 0 Å². The van der Waals surface area contributed by atoms with Gasteiger partial charge >= 0.3 is 0 Å². The van der Waals surface area contributed by atoms with E-state index in [9.17, 15) is 5.11 Å². The minimum Gasteiger partial charge on any atom is -0.396 e. The summed E-state index contributed by atoms with van der Waals surface area (Å²) in [5.74, 6) is 0.910. The Morgan fingerprint density at radius 2 is 2.39 bits per heavy atom. The first-order valence-electron chi connectivity index (χ1n) is 6.74. The molecule has 2 N–H and O–H groups in total. The topological polar surface area (TPSA) is 56.6 Å². The molecule has 100 valence electrons. The molecule has 0 bridgehead atoms. The van der Waals surface area contributed by atoms with Crippen LogP contribution in [0.4, 0.5) is 5.82 Å². The molecule has 0 radical (unpaired) electrons. The van der Waals surface area contributed by atoms with Crippen LogP contribution in [0, 0.1) is 0 Å². The van der Waals surface area contributed by atoms with E-state index in [2.05, 4.69) is 9.88 Å². The molecule has 18 heavy (non-hydrogen) atoms. The minimum absolute atomic E-state index is 0.246. The SMILES string of the molecule is C[C@H](O)c1cccnc1N1CCCC1CCCO. The standard InChI is InChI=1S/C14H22N2O2/c1-11(18)13-7-2-8-15-14(13)16-9-3-5-12(16)6-4-10-17/h2,7-8,11-12,17-18H,3-6,9-10H2,1H3/t11-,12?/m0/s1. The van der Waals surface area contributed by atoms with Gasteiger partial charge in [0.05, 0.1) is 6.10 Å². The van der Waals surface area contributed by atoms with Crippen molar-refractivity contribution in [3.63, 3.8) is 0 Å². The molecule has 4 nitrogen and oxygen atoms in total. The zero-order chi connectivity index (χ0) is 13.0. The summed E-state index contributed by atoms with van der Waals surface area (Å²) in [6, 6.07) is 4.25. The smallest absolute Gasteiger partial charge is 0.134 e. The molecule has 1 saturated heterocycles. The second-order valence-electron chi connectivity index (χ2n) is 4.95. The molecule has 1 aromatic heterocycles. The van der Waals surface area contributed by atoms with Gasteiger partial charge in [-0.25, -0.2) is 4.98 Å². The molecule has 2 atom stereocenters. The van der Waals surface area contributed by atoms with Crippen molar-refractivity contribution in [3.05, 3.63) is 23.9 Å². The number of aliphatic hydroxyl groups is 2. The van der Waals surface area contributed by atoms with Gasteiger partial charge in [0, 0.05) is 31.0 Å². The first kappa shape index (κ1) is 13.3. The van der Waals surface area contributed by atoms with Crippen LogP contribution in [-0.2, 0) is 0 Å². The summed E-state index contributed by atoms with van der Waals surface area (Å²) >= 11 is 0. The Hall–Kier alpha value is -1.13. The van der Waals surface area contributed by atoms with Crippen LogP contribution in [-0.4, -0.2) is 34.4 Å². The molecule has 1 fully saturated rings. The lowest BCUT2D eigenvalue weighted by Crippen LogP contribution is -2.31. The Morgan fingerprint density at radius 3 is 3.11 bits per heavy atom. The van der Waals surface area contributed by atoms with Gasteiger partial charge in [0.25, 0.3) is 0 Å². The van der Waals surface area contributed by atoms with E-state index in [1.807, 2.05) is 12.1 Å². The fourth-order valence-electron chi connectivity index (χ4n) is 2.72. The Kier molecular flexibility index (Phi) is 4.55. The lowest BCUT2D eigenvalue weighted by Gasteiger charge is -2.28. The second kappa shape index (κ2) is 6.16. The summed E-state index contributed by atoms with van der Waals surface area (Å²) in [5.41, 5.74) is 0.897. The quantitative estimate of drug-likeness (QED) is 0.837. The Balaban J connectivity index is 2.19. The molecule has 0 saturated carbocycles. The Labute approximate surface area is 108 Å². The van der Waals surface area contributed by atoms with Gasteiger partial charge in [-0.15, -0.1) is 0 Å². The summed E-state index contributed by atoms with van der Waals surface area (Å²) in [4.78, 5) is 6.73. The normalized spacial score (nSPS) is 21.3. The van der Waals surface area contributed by atoms with Crippen molar-refractivity contribution in [2.24, 2.45) is 0 Å². The predicted octanol–water partition coefficient (Wildman–Crippen LogP) is 1.88. The second-order valence-corrected chi connectivity index (χ2v) is 4.95. The molecular formula is C14H22N2O2. The van der Waals surface area contributed by atoms with Gasteiger partial charge in [-0.3, -0.25) is 0 Å². The predicted molar refractivity (Wildman–Crippen MR) is 71.6 cm³/mol. The van der Waals surface area contributed by atoms with Gasteiger partial charge < -0.3 is 15.1 Å². The first-order chi connectivity index (χ1) is 8.74. The largest absolute Gasteiger partial charge is 0.396 e. The molecule has 4 heteroatoms. The number of hydrogen-bond acceptors (Lipinski definition) is 4. The van der Waals surface area contributed by atoms with Crippen molar-refractivity contribution in [2.75, 3.05) is 18.1 Å². The highest BCUT2D eigenvalue weighted by molar-refractivity contribution is 5.49. The lowest BCUT2D eigenvalue weighted by atomic mass is 10.1. The molecule has 1 aromatic rings. The lowest BCUT2D eigenvalue weighted by molar-refractivity contribution is 0.199. The van der Waals surface area contributed by atoms with Gasteiger partial charge in [0.1, 0.15) is 5.82 Å². The monoisotopic (exact) mass is 250 g/mol. The van der Waals surface area contributed by atoms with E-state index in [0.29, 0.717) is 6.04 Å². The van der Waals surface area contributed by atoms with Crippen LogP contribution in [0.2, 0.25) is 0 Å². The molecule has 0 amide bonds. The van der Waals surface area contributed by atoms with Crippen molar-refractivity contribution < 1.29 is 10.2 Å². The fourth-order valence-corrected chi connectivity index (χ4v) is 2.72. The maximum atomic E-state index is 9.82. The zero-order valence-corrected chi connectivity index (χ0v) is 10.9. The van der Waals surface area contributed by atoms with E-state index in [0.717, 1.165) is 43.6 Å². The summed E-state index contributed by atoms with van der Waals surface area (Å²) in [7, 11) is 0. The number of anilines is 1. The summed E-state index contributed by atoms with van der Waals surface area (Å²) in [5, 5.41) is 18.8. The van der Waals surface area contributed by atoms with Crippen molar-refractivity contribution in [1.82, 2.24) is 4.98 Å². The fraction of sp³-hybridized carbons (Fsp3) is 0.643. The Bertz CT molecular complexity index is 382. The van der Waals surface area contributed by atoms with Crippen LogP contribution >= 0.6 is 0 Å². The molecule has 0 aliphatic carbocycles. The molecule has 2 rings (SSSR count). The molecular weight excluding hydrogens is 228 g/mol. The summed E-state index contributed by atoms with van der Waals surface area (Å²) < 4.78 is 0. The maximum Gasteiger partial charge on any atom is 0.134 e. The van der Waals surface area contributed by atoms with Crippen LogP contribution < -0.4 is 4.90 Å². The van der Waals surface area contributed by atoms with E-state index < -0.39 is 6.10 Å². The van der Waals surface area contributed by atoms with E-state index in [-0.39, 0.29) is 6.61 Å². The summed E-state index contributed by atoms with van der Waals surface area (Å²) in [6.45, 7) is 3.02. The average molecular weight is 250 g/mol. The van der Waals surface area contributed by atoms with Gasteiger partial charge in [-0.2, -0.15) is 0 Å². The van der Waals surface area contributed by atoms with Crippen LogP contribution in [0.3, 0.4) is 0 Å². The minimum atomic E-state index is -0.493. The van der Waals surface area contributed by atoms with Gasteiger partial charge in [-0.1, -0.05) is 6.07 Å². The highest BCUT2D eigenvalue weighted by atomic mass is 16.3. The first-order valence-corrected chi connectivity index (χ1v) is 6.74. The van der Waals surface area contributed by atoms with E-state index in [4.69, 9.17) is 5.11 Å². The van der Waals surface area contributed by atoms with Crippen molar-refractivity contribution in [3.8, 4) is 0 Å². The highest BCUT2D eigenvalue weighted by Gasteiger charge is 2.27. The van der Waals surface area contributed by atoms with Crippen molar-refractivity contribution >= 4 is 5.82 Å². The number of aliphatic hydroxyl groups excluding tert-OH is 2. The average Bonchev–Trinajstić information content (AvgIpc) is 2.84. The van der Waals surface area contributed by atoms with E-state index >= 15 is 0 Å². The third-order valence-corrected chi connectivity index (χ3v) is 3.61. The third-order valence-electron chi connectivity index (χ3n) is 3.61. The zero-order valence-electron chi connectivity index (χ0n) is 10.9. The molecule has 0 spiro atoms. The van der Waals surface area contributed by atoms with Crippen molar-refractivity contribution in [1.29, 1.82) is 0 Å². The van der Waals surface area contributed by atoms with Gasteiger partial charge in [-0.05, 0) is 38.7 Å². The van der Waals surface area contributed by atoms with Crippen LogP contribution in [0.25, 0.3) is 0 Å². The third kappa shape index (κ3) is 2.82. The molecule has 0 aromatic carbocycles. The molecule has 1 unspecified atom stereocenters. The summed E-state index contributed by atoms with van der Waals surface area (Å²) in [6.07, 6.45) is 5.42. The number of rotatable bonds is 5. The molecule has 2 heterocycles. The number of nitrogens with zero attached hydrogens (tertiary/aromatic N) is 2. The number of pyridine rings is 1. The van der Waals surface area contributed by atoms with E-state index in [1.165, 1.54) is 0 Å². The van der Waals surface area contributed by atoms with Crippen LogP contribution in [0.15, 0.2) is 18.3 Å². The molecule has 1 aliphatic heterocycles. The van der Waals surface area contributed by atoms with Crippen LogP contribution in [0.1, 0.15) is 44.3 Å².